The third-order valence-electron chi connectivity index (χ3n) is 6.95. The first-order chi connectivity index (χ1) is 15.9. The van der Waals surface area contributed by atoms with E-state index in [1.807, 2.05) is 6.20 Å². The maximum atomic E-state index is 14.7. The second-order valence-electron chi connectivity index (χ2n) is 8.83. The van der Waals surface area contributed by atoms with Gasteiger partial charge in [0.15, 0.2) is 0 Å². The quantitative estimate of drug-likeness (QED) is 0.626. The summed E-state index contributed by atoms with van der Waals surface area (Å²) >= 11 is 0. The van der Waals surface area contributed by atoms with E-state index in [0.717, 1.165) is 47.8 Å². The number of hydrogen-bond acceptors (Lipinski definition) is 3. The van der Waals surface area contributed by atoms with E-state index in [-0.39, 0.29) is 18.0 Å². The number of aryl methyl sites for hydroxylation is 1. The highest BCUT2D eigenvalue weighted by Gasteiger charge is 2.44. The smallest absolute Gasteiger partial charge is 0.326 e. The van der Waals surface area contributed by atoms with Crippen LogP contribution in [-0.2, 0) is 16.6 Å². The van der Waals surface area contributed by atoms with Crippen LogP contribution in [0.1, 0.15) is 24.0 Å². The monoisotopic (exact) mass is 470 g/mol. The molecule has 3 aliphatic rings. The standard InChI is InChI=1S/C24H24F2N4O2S/c25-18-4-5-19-20(15-27-22(19)14-18)16-7-10-28(11-8-16)12-13-30-24-21(26)6-3-17-2-1-9-29(23(17)24)33(30,31)32/h3-7,14-15,27H,1-2,8-13H2. The molecule has 0 spiro atoms. The molecule has 33 heavy (non-hydrogen) atoms. The lowest BCUT2D eigenvalue weighted by Gasteiger charge is -2.29. The van der Waals surface area contributed by atoms with Gasteiger partial charge >= 0.3 is 10.2 Å². The Balaban J connectivity index is 1.20. The second kappa shape index (κ2) is 7.56. The van der Waals surface area contributed by atoms with Crippen LogP contribution in [0.3, 0.4) is 0 Å². The number of halogens is 2. The minimum atomic E-state index is -3.76. The van der Waals surface area contributed by atoms with Crippen molar-refractivity contribution in [3.05, 3.63) is 65.4 Å². The molecule has 0 saturated carbocycles. The molecule has 0 unspecified atom stereocenters. The highest BCUT2D eigenvalue weighted by molar-refractivity contribution is 7.94. The van der Waals surface area contributed by atoms with Gasteiger partial charge in [0.05, 0.1) is 5.69 Å². The summed E-state index contributed by atoms with van der Waals surface area (Å²) in [6.45, 7) is 2.57. The summed E-state index contributed by atoms with van der Waals surface area (Å²) in [4.78, 5) is 5.31. The SMILES string of the molecule is O=S1(=O)N(CCN2CC=C(c3c[nH]c4cc(F)ccc34)CC2)c2c(F)ccc3c2N1CCC3. The number of aromatic amines is 1. The van der Waals surface area contributed by atoms with E-state index < -0.39 is 16.0 Å². The van der Waals surface area contributed by atoms with Gasteiger partial charge in [0, 0.05) is 55.4 Å². The van der Waals surface area contributed by atoms with Gasteiger partial charge in [-0.3, -0.25) is 9.21 Å². The van der Waals surface area contributed by atoms with E-state index in [0.29, 0.717) is 25.3 Å². The van der Waals surface area contributed by atoms with Gasteiger partial charge in [-0.1, -0.05) is 12.1 Å². The van der Waals surface area contributed by atoms with E-state index in [4.69, 9.17) is 0 Å². The van der Waals surface area contributed by atoms with Gasteiger partial charge in [-0.15, -0.1) is 0 Å². The molecule has 0 amide bonds. The van der Waals surface area contributed by atoms with Crippen LogP contribution < -0.4 is 8.61 Å². The summed E-state index contributed by atoms with van der Waals surface area (Å²) in [5.74, 6) is -0.756. The second-order valence-corrected chi connectivity index (χ2v) is 10.6. The van der Waals surface area contributed by atoms with Gasteiger partial charge in [0.2, 0.25) is 0 Å². The maximum Gasteiger partial charge on any atom is 0.326 e. The molecule has 9 heteroatoms. The normalized spacial score (nSPS) is 19.8. The van der Waals surface area contributed by atoms with Crippen molar-refractivity contribution in [2.45, 2.75) is 19.3 Å². The Hall–Kier alpha value is -2.91. The third-order valence-corrected chi connectivity index (χ3v) is 8.80. The molecule has 0 fully saturated rings. The fourth-order valence-electron chi connectivity index (χ4n) is 5.29. The molecule has 6 nitrogen and oxygen atoms in total. The maximum absolute atomic E-state index is 14.7. The van der Waals surface area contributed by atoms with E-state index >= 15 is 0 Å². The Morgan fingerprint density at radius 2 is 1.88 bits per heavy atom. The highest BCUT2D eigenvalue weighted by atomic mass is 32.2. The molecular weight excluding hydrogens is 446 g/mol. The fraction of sp³-hybridized carbons (Fsp3) is 0.333. The van der Waals surface area contributed by atoms with Crippen LogP contribution in [0.15, 0.2) is 42.6 Å². The van der Waals surface area contributed by atoms with E-state index in [2.05, 4.69) is 16.0 Å². The molecule has 1 aromatic heterocycles. The van der Waals surface area contributed by atoms with Gasteiger partial charge < -0.3 is 4.98 Å². The largest absolute Gasteiger partial charge is 0.360 e. The number of nitrogens with zero attached hydrogens (tertiary/aromatic N) is 3. The molecule has 1 N–H and O–H groups in total. The van der Waals surface area contributed by atoms with Gasteiger partial charge in [-0.25, -0.2) is 13.1 Å². The Morgan fingerprint density at radius 1 is 1.00 bits per heavy atom. The zero-order valence-corrected chi connectivity index (χ0v) is 18.8. The molecule has 6 rings (SSSR count). The molecule has 3 aliphatic heterocycles. The van der Waals surface area contributed by atoms with Crippen molar-refractivity contribution >= 4 is 38.1 Å². The molecule has 172 valence electrons. The number of H-pyrrole nitrogens is 1. The highest BCUT2D eigenvalue weighted by Crippen LogP contribution is 2.47. The van der Waals surface area contributed by atoms with Gasteiger partial charge in [-0.2, -0.15) is 8.42 Å². The summed E-state index contributed by atoms with van der Waals surface area (Å²) in [7, 11) is -3.76. The minimum Gasteiger partial charge on any atom is -0.360 e. The molecular formula is C24H24F2N4O2S. The summed E-state index contributed by atoms with van der Waals surface area (Å²) in [5, 5.41) is 0.993. The van der Waals surface area contributed by atoms with Crippen molar-refractivity contribution in [2.24, 2.45) is 0 Å². The summed E-state index contributed by atoms with van der Waals surface area (Å²) in [5.41, 5.74) is 4.66. The number of hydrogen-bond donors (Lipinski definition) is 1. The average molecular weight is 471 g/mol. The van der Waals surface area contributed by atoms with Crippen LogP contribution in [0, 0.1) is 11.6 Å². The molecule has 0 atom stereocenters. The fourth-order valence-corrected chi connectivity index (χ4v) is 7.04. The number of fused-ring (bicyclic) bond motifs is 1. The van der Waals surface area contributed by atoms with E-state index in [9.17, 15) is 17.2 Å². The van der Waals surface area contributed by atoms with E-state index in [1.165, 1.54) is 32.4 Å². The number of benzene rings is 2. The van der Waals surface area contributed by atoms with Crippen LogP contribution in [0.5, 0.6) is 0 Å². The van der Waals surface area contributed by atoms with Crippen molar-refractivity contribution < 1.29 is 17.2 Å². The molecule has 0 aliphatic carbocycles. The van der Waals surface area contributed by atoms with E-state index in [1.54, 1.807) is 12.1 Å². The molecule has 4 heterocycles. The predicted octanol–water partition coefficient (Wildman–Crippen LogP) is 4.05. The Bertz CT molecular complexity index is 1400. The zero-order valence-electron chi connectivity index (χ0n) is 18.0. The van der Waals surface area contributed by atoms with Crippen LogP contribution in [0.4, 0.5) is 20.2 Å². The number of rotatable bonds is 4. The van der Waals surface area contributed by atoms with Crippen molar-refractivity contribution in [3.63, 3.8) is 0 Å². The first-order valence-electron chi connectivity index (χ1n) is 11.2. The number of aromatic nitrogens is 1. The Morgan fingerprint density at radius 3 is 2.70 bits per heavy atom. The first-order valence-corrected chi connectivity index (χ1v) is 12.6. The number of nitrogens with one attached hydrogen (secondary N) is 1. The minimum absolute atomic E-state index is 0.200. The van der Waals surface area contributed by atoms with Gasteiger partial charge in [0.1, 0.15) is 17.3 Å². The molecule has 0 radical (unpaired) electrons. The summed E-state index contributed by atoms with van der Waals surface area (Å²) < 4.78 is 57.2. The third kappa shape index (κ3) is 3.25. The van der Waals surface area contributed by atoms with Gasteiger partial charge in [-0.05, 0) is 54.7 Å². The topological polar surface area (TPSA) is 59.7 Å². The molecule has 2 aromatic carbocycles. The van der Waals surface area contributed by atoms with Crippen molar-refractivity contribution in [2.75, 3.05) is 41.3 Å². The zero-order chi connectivity index (χ0) is 22.7. The van der Waals surface area contributed by atoms with Gasteiger partial charge in [0.25, 0.3) is 0 Å². The first kappa shape index (κ1) is 20.7. The molecule has 0 saturated heterocycles. The van der Waals surface area contributed by atoms with Crippen LogP contribution in [0.25, 0.3) is 16.5 Å². The van der Waals surface area contributed by atoms with Crippen molar-refractivity contribution in [3.8, 4) is 0 Å². The van der Waals surface area contributed by atoms with Crippen LogP contribution in [0.2, 0.25) is 0 Å². The van der Waals surface area contributed by atoms with Crippen molar-refractivity contribution in [1.82, 2.24) is 9.88 Å². The summed E-state index contributed by atoms with van der Waals surface area (Å²) in [6, 6.07) is 7.84. The average Bonchev–Trinajstić information content (AvgIpc) is 3.32. The lowest BCUT2D eigenvalue weighted by molar-refractivity contribution is 0.311. The van der Waals surface area contributed by atoms with Crippen LogP contribution in [-0.4, -0.2) is 51.0 Å². The Labute approximate surface area is 191 Å². The van der Waals surface area contributed by atoms with Crippen LogP contribution >= 0.6 is 0 Å². The summed E-state index contributed by atoms with van der Waals surface area (Å²) in [6.07, 6.45) is 6.36. The Kier molecular flexibility index (Phi) is 4.74. The molecule has 0 bridgehead atoms. The predicted molar refractivity (Wildman–Crippen MR) is 126 cm³/mol. The lowest BCUT2D eigenvalue weighted by Crippen LogP contribution is -2.43. The van der Waals surface area contributed by atoms with Crippen molar-refractivity contribution in [1.29, 1.82) is 0 Å². The number of anilines is 2. The lowest BCUT2D eigenvalue weighted by atomic mass is 9.99. The molecule has 3 aromatic rings.